The van der Waals surface area contributed by atoms with Crippen molar-refractivity contribution in [3.05, 3.63) is 54.6 Å². The molecular weight excluding hydrogens is 300 g/mol. The minimum Gasteiger partial charge on any atom is -0.331 e. The average molecular weight is 322 g/mol. The Morgan fingerprint density at radius 3 is 2.36 bits per heavy atom. The monoisotopic (exact) mass is 322 g/mol. The van der Waals surface area contributed by atoms with Crippen molar-refractivity contribution in [3.8, 4) is 0 Å². The summed E-state index contributed by atoms with van der Waals surface area (Å²) in [5.41, 5.74) is 1.08. The van der Waals surface area contributed by atoms with E-state index in [0.29, 0.717) is 25.2 Å². The van der Waals surface area contributed by atoms with Gasteiger partial charge >= 0.3 is 0 Å². The van der Waals surface area contributed by atoms with E-state index in [0.717, 1.165) is 5.56 Å². The zero-order valence-corrected chi connectivity index (χ0v) is 13.8. The van der Waals surface area contributed by atoms with E-state index in [1.165, 1.54) is 12.1 Å². The molecule has 0 radical (unpaired) electrons. The number of aryl methyl sites for hydroxylation is 1. The maximum absolute atomic E-state index is 12.6. The van der Waals surface area contributed by atoms with E-state index in [1.807, 2.05) is 0 Å². The molecule has 1 aromatic rings. The van der Waals surface area contributed by atoms with Crippen LogP contribution in [0.5, 0.6) is 0 Å². The second-order valence-electron chi connectivity index (χ2n) is 4.77. The first-order valence-electron chi connectivity index (χ1n) is 6.98. The Morgan fingerprint density at radius 1 is 1.27 bits per heavy atom. The minimum atomic E-state index is -3.59. The first-order valence-corrected chi connectivity index (χ1v) is 8.47. The molecular formula is C16H22N2O3S. The zero-order chi connectivity index (χ0) is 16.8. The van der Waals surface area contributed by atoms with Crippen LogP contribution in [0.1, 0.15) is 22.8 Å². The number of amides is 1. The van der Waals surface area contributed by atoms with Gasteiger partial charge in [-0.15, -0.1) is 13.2 Å². The lowest BCUT2D eigenvalue weighted by atomic mass is 10.1. The normalized spacial score (nSPS) is 11.0. The van der Waals surface area contributed by atoms with Crippen molar-refractivity contribution in [2.75, 3.05) is 19.6 Å². The van der Waals surface area contributed by atoms with E-state index < -0.39 is 10.0 Å². The van der Waals surface area contributed by atoms with Gasteiger partial charge < -0.3 is 4.90 Å². The van der Waals surface area contributed by atoms with E-state index in [1.54, 1.807) is 37.0 Å². The standard InChI is InChI=1S/C16H22N2O3S/c1-5-10-18(11-6-2)16(19)15-12-14(9-8-13(15)4)22(20,21)17-7-3/h5-6,8-9,12,17H,1-2,7,10-11H2,3-4H3. The fourth-order valence-corrected chi connectivity index (χ4v) is 3.06. The van der Waals surface area contributed by atoms with Gasteiger partial charge in [-0.25, -0.2) is 13.1 Å². The molecule has 0 unspecified atom stereocenters. The summed E-state index contributed by atoms with van der Waals surface area (Å²) < 4.78 is 26.6. The van der Waals surface area contributed by atoms with Crippen LogP contribution in [0.15, 0.2) is 48.4 Å². The Morgan fingerprint density at radius 2 is 1.86 bits per heavy atom. The van der Waals surface area contributed by atoms with Gasteiger partial charge in [0, 0.05) is 25.2 Å². The van der Waals surface area contributed by atoms with Crippen molar-refractivity contribution in [1.82, 2.24) is 9.62 Å². The van der Waals surface area contributed by atoms with E-state index in [-0.39, 0.29) is 10.8 Å². The Hall–Kier alpha value is -1.92. The van der Waals surface area contributed by atoms with Crippen LogP contribution in [0.4, 0.5) is 0 Å². The summed E-state index contributed by atoms with van der Waals surface area (Å²) in [7, 11) is -3.59. The molecule has 120 valence electrons. The van der Waals surface area contributed by atoms with Crippen LogP contribution >= 0.6 is 0 Å². The highest BCUT2D eigenvalue weighted by Gasteiger charge is 2.20. The van der Waals surface area contributed by atoms with Crippen molar-refractivity contribution in [2.24, 2.45) is 0 Å². The number of nitrogens with zero attached hydrogens (tertiary/aromatic N) is 1. The third-order valence-corrected chi connectivity index (χ3v) is 4.61. The summed E-state index contributed by atoms with van der Waals surface area (Å²) in [6, 6.07) is 4.54. The van der Waals surface area contributed by atoms with E-state index in [2.05, 4.69) is 17.9 Å². The first kappa shape index (κ1) is 18.1. The number of sulfonamides is 1. The molecule has 0 aromatic heterocycles. The largest absolute Gasteiger partial charge is 0.331 e. The van der Waals surface area contributed by atoms with Gasteiger partial charge in [-0.1, -0.05) is 25.1 Å². The van der Waals surface area contributed by atoms with Gasteiger partial charge in [-0.2, -0.15) is 0 Å². The molecule has 1 N–H and O–H groups in total. The van der Waals surface area contributed by atoms with Gasteiger partial charge in [0.2, 0.25) is 10.0 Å². The summed E-state index contributed by atoms with van der Waals surface area (Å²) in [4.78, 5) is 14.2. The van der Waals surface area contributed by atoms with E-state index in [9.17, 15) is 13.2 Å². The molecule has 0 aliphatic heterocycles. The van der Waals surface area contributed by atoms with Crippen molar-refractivity contribution < 1.29 is 13.2 Å². The molecule has 1 amide bonds. The molecule has 0 heterocycles. The third-order valence-electron chi connectivity index (χ3n) is 3.07. The lowest BCUT2D eigenvalue weighted by molar-refractivity contribution is 0.0790. The highest BCUT2D eigenvalue weighted by Crippen LogP contribution is 2.17. The lowest BCUT2D eigenvalue weighted by Crippen LogP contribution is -2.32. The summed E-state index contributed by atoms with van der Waals surface area (Å²) in [6.07, 6.45) is 3.24. The fourth-order valence-electron chi connectivity index (χ4n) is 1.99. The predicted molar refractivity (Wildman–Crippen MR) is 88.3 cm³/mol. The molecule has 22 heavy (non-hydrogen) atoms. The fraction of sp³-hybridized carbons (Fsp3) is 0.312. The van der Waals surface area contributed by atoms with Gasteiger partial charge in [-0.3, -0.25) is 4.79 Å². The smallest absolute Gasteiger partial charge is 0.254 e. The third kappa shape index (κ3) is 4.29. The van der Waals surface area contributed by atoms with Crippen LogP contribution in [-0.4, -0.2) is 38.9 Å². The van der Waals surface area contributed by atoms with Crippen LogP contribution in [0.2, 0.25) is 0 Å². The second kappa shape index (κ2) is 7.91. The molecule has 0 spiro atoms. The molecule has 0 saturated heterocycles. The average Bonchev–Trinajstić information content (AvgIpc) is 2.46. The van der Waals surface area contributed by atoms with Crippen molar-refractivity contribution in [2.45, 2.75) is 18.7 Å². The maximum atomic E-state index is 12.6. The number of benzene rings is 1. The highest BCUT2D eigenvalue weighted by atomic mass is 32.2. The van der Waals surface area contributed by atoms with Crippen LogP contribution in [-0.2, 0) is 10.0 Å². The van der Waals surface area contributed by atoms with Gasteiger partial charge in [0.05, 0.1) is 4.90 Å². The zero-order valence-electron chi connectivity index (χ0n) is 13.0. The van der Waals surface area contributed by atoms with Crippen molar-refractivity contribution >= 4 is 15.9 Å². The SMILES string of the molecule is C=CCN(CC=C)C(=O)c1cc(S(=O)(=O)NCC)ccc1C. The molecule has 0 aliphatic carbocycles. The summed E-state index contributed by atoms with van der Waals surface area (Å²) in [5, 5.41) is 0. The molecule has 0 aliphatic rings. The number of carbonyl (C=O) groups excluding carboxylic acids is 1. The molecule has 5 nitrogen and oxygen atoms in total. The van der Waals surface area contributed by atoms with Crippen LogP contribution in [0.3, 0.4) is 0 Å². The molecule has 0 bridgehead atoms. The van der Waals surface area contributed by atoms with Crippen molar-refractivity contribution in [3.63, 3.8) is 0 Å². The molecule has 1 rings (SSSR count). The Labute approximate surface area is 132 Å². The predicted octanol–water partition coefficient (Wildman–Crippen LogP) is 2.11. The van der Waals surface area contributed by atoms with Crippen LogP contribution < -0.4 is 4.72 Å². The molecule has 0 fully saturated rings. The topological polar surface area (TPSA) is 66.5 Å². The van der Waals surface area contributed by atoms with Gasteiger partial charge in [-0.05, 0) is 24.6 Å². The number of hydrogen-bond donors (Lipinski definition) is 1. The van der Waals surface area contributed by atoms with Gasteiger partial charge in [0.1, 0.15) is 0 Å². The van der Waals surface area contributed by atoms with Gasteiger partial charge in [0.25, 0.3) is 5.91 Å². The Bertz CT molecular complexity index is 656. The van der Waals surface area contributed by atoms with Crippen LogP contribution in [0.25, 0.3) is 0 Å². The minimum absolute atomic E-state index is 0.0838. The Kier molecular flexibility index (Phi) is 6.52. The summed E-state index contributed by atoms with van der Waals surface area (Å²) >= 11 is 0. The number of nitrogens with one attached hydrogen (secondary N) is 1. The summed E-state index contributed by atoms with van der Waals surface area (Å²) in [6.45, 7) is 11.8. The molecule has 0 saturated carbocycles. The highest BCUT2D eigenvalue weighted by molar-refractivity contribution is 7.89. The molecule has 1 aromatic carbocycles. The first-order chi connectivity index (χ1) is 10.4. The van der Waals surface area contributed by atoms with Crippen LogP contribution in [0, 0.1) is 6.92 Å². The number of rotatable bonds is 8. The second-order valence-corrected chi connectivity index (χ2v) is 6.53. The van der Waals surface area contributed by atoms with Gasteiger partial charge in [0.15, 0.2) is 0 Å². The maximum Gasteiger partial charge on any atom is 0.254 e. The number of hydrogen-bond acceptors (Lipinski definition) is 3. The summed E-state index contributed by atoms with van der Waals surface area (Å²) in [5.74, 6) is -0.245. The van der Waals surface area contributed by atoms with E-state index >= 15 is 0 Å². The quantitative estimate of drug-likeness (QED) is 0.745. The number of carbonyl (C=O) groups is 1. The molecule has 0 atom stereocenters. The van der Waals surface area contributed by atoms with Crippen molar-refractivity contribution in [1.29, 1.82) is 0 Å². The Balaban J connectivity index is 3.26. The lowest BCUT2D eigenvalue weighted by Gasteiger charge is -2.20. The van der Waals surface area contributed by atoms with E-state index in [4.69, 9.17) is 0 Å². The molecule has 6 heteroatoms.